The number of hydrogen-bond donors (Lipinski definition) is 3. The molecule has 0 aromatic carbocycles. The Kier molecular flexibility index (Phi) is 4.66. The molecule has 4 nitrogen and oxygen atoms in total. The predicted molar refractivity (Wildman–Crippen MR) is 69.0 cm³/mol. The van der Waals surface area contributed by atoms with Gasteiger partial charge in [-0.25, -0.2) is 4.79 Å². The predicted octanol–water partition coefficient (Wildman–Crippen LogP) is 1.62. The summed E-state index contributed by atoms with van der Waals surface area (Å²) in [6.07, 6.45) is 7.16. The fourth-order valence-corrected chi connectivity index (χ4v) is 2.97. The number of carbonyl (C=O) groups excluding carboxylic acids is 1. The lowest BCUT2D eigenvalue weighted by molar-refractivity contribution is 0.223. The molecule has 1 saturated carbocycles. The zero-order chi connectivity index (χ0) is 12.1. The summed E-state index contributed by atoms with van der Waals surface area (Å²) in [6.45, 7) is 4.30. The second-order valence-electron chi connectivity index (χ2n) is 5.48. The number of amides is 2. The van der Waals surface area contributed by atoms with Crippen LogP contribution in [0.25, 0.3) is 0 Å². The molecule has 2 fully saturated rings. The van der Waals surface area contributed by atoms with E-state index in [4.69, 9.17) is 0 Å². The summed E-state index contributed by atoms with van der Waals surface area (Å²) < 4.78 is 0. The fourth-order valence-electron chi connectivity index (χ4n) is 2.97. The van der Waals surface area contributed by atoms with Crippen molar-refractivity contribution in [2.24, 2.45) is 5.92 Å². The molecule has 2 rings (SSSR count). The summed E-state index contributed by atoms with van der Waals surface area (Å²) in [6, 6.07) is 0.733. The summed E-state index contributed by atoms with van der Waals surface area (Å²) in [5.74, 6) is 0.630. The van der Waals surface area contributed by atoms with E-state index in [0.29, 0.717) is 18.0 Å². The van der Waals surface area contributed by atoms with Crippen LogP contribution in [-0.2, 0) is 0 Å². The van der Waals surface area contributed by atoms with Crippen LogP contribution in [0.3, 0.4) is 0 Å². The van der Waals surface area contributed by atoms with Crippen LogP contribution in [-0.4, -0.2) is 31.2 Å². The highest BCUT2D eigenvalue weighted by Gasteiger charge is 2.23. The van der Waals surface area contributed by atoms with Crippen LogP contribution in [0.1, 0.15) is 45.4 Å². The Bertz CT molecular complexity index is 245. The van der Waals surface area contributed by atoms with Crippen LogP contribution in [0, 0.1) is 5.92 Å². The van der Waals surface area contributed by atoms with Crippen LogP contribution >= 0.6 is 0 Å². The average molecular weight is 239 g/mol. The van der Waals surface area contributed by atoms with Crippen LogP contribution < -0.4 is 16.0 Å². The molecule has 0 aromatic rings. The molecule has 0 radical (unpaired) electrons. The third-order valence-electron chi connectivity index (χ3n) is 4.14. The van der Waals surface area contributed by atoms with Crippen molar-refractivity contribution >= 4 is 6.03 Å². The van der Waals surface area contributed by atoms with Crippen LogP contribution in [0.2, 0.25) is 0 Å². The maximum atomic E-state index is 11.8. The van der Waals surface area contributed by atoms with Gasteiger partial charge in [-0.1, -0.05) is 12.8 Å². The smallest absolute Gasteiger partial charge is 0.315 e. The minimum absolute atomic E-state index is 0.0305. The summed E-state index contributed by atoms with van der Waals surface area (Å²) in [5, 5.41) is 9.54. The number of urea groups is 1. The van der Waals surface area contributed by atoms with Crippen molar-refractivity contribution in [1.29, 1.82) is 0 Å². The van der Waals surface area contributed by atoms with Crippen molar-refractivity contribution in [1.82, 2.24) is 16.0 Å². The maximum Gasteiger partial charge on any atom is 0.315 e. The first-order chi connectivity index (χ1) is 8.25. The second-order valence-corrected chi connectivity index (χ2v) is 5.48. The summed E-state index contributed by atoms with van der Waals surface area (Å²) >= 11 is 0. The van der Waals surface area contributed by atoms with Gasteiger partial charge in [0.25, 0.3) is 0 Å². The first kappa shape index (κ1) is 12.7. The van der Waals surface area contributed by atoms with Gasteiger partial charge in [-0.15, -0.1) is 0 Å². The third kappa shape index (κ3) is 3.87. The SMILES string of the molecule is CC(NC(=O)NC1CCCC1)C1CCNCC1. The zero-order valence-electron chi connectivity index (χ0n) is 10.8. The van der Waals surface area contributed by atoms with Gasteiger partial charge in [0.1, 0.15) is 0 Å². The standard InChI is InChI=1S/C13H25N3O/c1-10(11-6-8-14-9-7-11)15-13(17)16-12-4-2-3-5-12/h10-12,14H,2-9H2,1H3,(H2,15,16,17). The van der Waals surface area contributed by atoms with Crippen molar-refractivity contribution in [3.63, 3.8) is 0 Å². The van der Waals surface area contributed by atoms with E-state index < -0.39 is 0 Å². The van der Waals surface area contributed by atoms with Gasteiger partial charge in [-0.2, -0.15) is 0 Å². The quantitative estimate of drug-likeness (QED) is 0.701. The van der Waals surface area contributed by atoms with E-state index in [1.165, 1.54) is 25.7 Å². The third-order valence-corrected chi connectivity index (χ3v) is 4.14. The molecule has 2 amide bonds. The molecule has 2 aliphatic rings. The topological polar surface area (TPSA) is 53.2 Å². The molecule has 1 atom stereocenters. The second kappa shape index (κ2) is 6.24. The Labute approximate surface area is 104 Å². The van der Waals surface area contributed by atoms with Crippen molar-refractivity contribution in [3.05, 3.63) is 0 Å². The van der Waals surface area contributed by atoms with Gasteiger partial charge in [0.15, 0.2) is 0 Å². The van der Waals surface area contributed by atoms with E-state index in [1.807, 2.05) is 0 Å². The number of hydrogen-bond acceptors (Lipinski definition) is 2. The highest BCUT2D eigenvalue weighted by atomic mass is 16.2. The van der Waals surface area contributed by atoms with Crippen LogP contribution in [0.5, 0.6) is 0 Å². The van der Waals surface area contributed by atoms with E-state index in [-0.39, 0.29) is 6.03 Å². The zero-order valence-corrected chi connectivity index (χ0v) is 10.8. The molecule has 17 heavy (non-hydrogen) atoms. The van der Waals surface area contributed by atoms with Crippen molar-refractivity contribution < 1.29 is 4.79 Å². The molecule has 0 spiro atoms. The van der Waals surface area contributed by atoms with Crippen molar-refractivity contribution in [2.45, 2.75) is 57.5 Å². The lowest BCUT2D eigenvalue weighted by Crippen LogP contribution is -2.48. The number of rotatable bonds is 3. The van der Waals surface area contributed by atoms with Gasteiger partial charge in [-0.05, 0) is 51.6 Å². The van der Waals surface area contributed by atoms with E-state index in [1.54, 1.807) is 0 Å². The lowest BCUT2D eigenvalue weighted by Gasteiger charge is -2.29. The van der Waals surface area contributed by atoms with E-state index >= 15 is 0 Å². The van der Waals surface area contributed by atoms with Gasteiger partial charge in [0.2, 0.25) is 0 Å². The highest BCUT2D eigenvalue weighted by molar-refractivity contribution is 5.74. The molecule has 1 saturated heterocycles. The molecular weight excluding hydrogens is 214 g/mol. The first-order valence-electron chi connectivity index (χ1n) is 7.03. The van der Waals surface area contributed by atoms with Crippen molar-refractivity contribution in [2.75, 3.05) is 13.1 Å². The number of nitrogens with one attached hydrogen (secondary N) is 3. The molecular formula is C13H25N3O. The summed E-state index contributed by atoms with van der Waals surface area (Å²) in [7, 11) is 0. The van der Waals surface area contributed by atoms with Gasteiger partial charge < -0.3 is 16.0 Å². The molecule has 98 valence electrons. The van der Waals surface area contributed by atoms with Gasteiger partial charge >= 0.3 is 6.03 Å². The average Bonchev–Trinajstić information content (AvgIpc) is 2.82. The van der Waals surface area contributed by atoms with E-state index in [2.05, 4.69) is 22.9 Å². The van der Waals surface area contributed by atoms with E-state index in [9.17, 15) is 4.79 Å². The monoisotopic (exact) mass is 239 g/mol. The fraction of sp³-hybridized carbons (Fsp3) is 0.923. The molecule has 1 aliphatic heterocycles. The Morgan fingerprint density at radius 3 is 2.47 bits per heavy atom. The van der Waals surface area contributed by atoms with E-state index in [0.717, 1.165) is 25.9 Å². The maximum absolute atomic E-state index is 11.8. The Hall–Kier alpha value is -0.770. The largest absolute Gasteiger partial charge is 0.335 e. The Morgan fingerprint density at radius 2 is 1.82 bits per heavy atom. The highest BCUT2D eigenvalue weighted by Crippen LogP contribution is 2.18. The van der Waals surface area contributed by atoms with Gasteiger partial charge in [-0.3, -0.25) is 0 Å². The molecule has 1 aliphatic carbocycles. The molecule has 0 bridgehead atoms. The Balaban J connectivity index is 1.69. The summed E-state index contributed by atoms with van der Waals surface area (Å²) in [4.78, 5) is 11.8. The number of carbonyl (C=O) groups is 1. The molecule has 1 unspecified atom stereocenters. The molecule has 0 aromatic heterocycles. The lowest BCUT2D eigenvalue weighted by atomic mass is 9.91. The van der Waals surface area contributed by atoms with Gasteiger partial charge in [0, 0.05) is 12.1 Å². The molecule has 4 heteroatoms. The van der Waals surface area contributed by atoms with Crippen LogP contribution in [0.4, 0.5) is 4.79 Å². The minimum atomic E-state index is 0.0305. The molecule has 3 N–H and O–H groups in total. The van der Waals surface area contributed by atoms with Gasteiger partial charge in [0.05, 0.1) is 0 Å². The minimum Gasteiger partial charge on any atom is -0.335 e. The normalized spacial score (nSPS) is 24.5. The van der Waals surface area contributed by atoms with Crippen molar-refractivity contribution in [3.8, 4) is 0 Å². The Morgan fingerprint density at radius 1 is 1.18 bits per heavy atom. The summed E-state index contributed by atoms with van der Waals surface area (Å²) in [5.41, 5.74) is 0. The first-order valence-corrected chi connectivity index (χ1v) is 7.03. The number of piperidine rings is 1. The molecule has 1 heterocycles. The van der Waals surface area contributed by atoms with Crippen LogP contribution in [0.15, 0.2) is 0 Å².